The first-order valence-corrected chi connectivity index (χ1v) is 6.61. The molecule has 1 N–H and O–H groups in total. The molecule has 1 rings (SSSR count). The Bertz CT molecular complexity index is 518. The number of amides is 1. The lowest BCUT2D eigenvalue weighted by molar-refractivity contribution is -0.138. The number of esters is 1. The number of hydrogen-bond acceptors (Lipinski definition) is 3. The smallest absolute Gasteiger partial charge is 0.330 e. The standard InChI is InChI=1S/C16H21NO3/c1-11(2)10-20-16(19)8-7-15(18)17-14-6-5-12(3)9-13(14)4/h5-9,11H,10H2,1-4H3,(H,17,18)/b8-7+. The minimum absolute atomic E-state index is 0.274. The molecule has 0 spiro atoms. The molecule has 4 nitrogen and oxygen atoms in total. The fraction of sp³-hybridized carbons (Fsp3) is 0.375. The average Bonchev–Trinajstić information content (AvgIpc) is 2.37. The summed E-state index contributed by atoms with van der Waals surface area (Å²) in [6.07, 6.45) is 2.32. The largest absolute Gasteiger partial charge is 0.462 e. The summed E-state index contributed by atoms with van der Waals surface area (Å²) in [5.74, 6) is -0.579. The van der Waals surface area contributed by atoms with Crippen LogP contribution in [0.5, 0.6) is 0 Å². The highest BCUT2D eigenvalue weighted by atomic mass is 16.5. The maximum Gasteiger partial charge on any atom is 0.330 e. The van der Waals surface area contributed by atoms with Crippen molar-refractivity contribution < 1.29 is 14.3 Å². The van der Waals surface area contributed by atoms with Gasteiger partial charge < -0.3 is 10.1 Å². The Balaban J connectivity index is 2.53. The molecule has 20 heavy (non-hydrogen) atoms. The van der Waals surface area contributed by atoms with Gasteiger partial charge in [0.2, 0.25) is 5.91 Å². The topological polar surface area (TPSA) is 55.4 Å². The Morgan fingerprint density at radius 1 is 1.25 bits per heavy atom. The lowest BCUT2D eigenvalue weighted by Crippen LogP contribution is -2.11. The number of anilines is 1. The molecule has 0 atom stereocenters. The van der Waals surface area contributed by atoms with Crippen LogP contribution in [0.2, 0.25) is 0 Å². The third kappa shape index (κ3) is 5.69. The van der Waals surface area contributed by atoms with Crippen LogP contribution in [0.1, 0.15) is 25.0 Å². The van der Waals surface area contributed by atoms with Crippen molar-refractivity contribution in [2.45, 2.75) is 27.7 Å². The van der Waals surface area contributed by atoms with Crippen molar-refractivity contribution in [3.63, 3.8) is 0 Å². The normalized spacial score (nSPS) is 10.8. The van der Waals surface area contributed by atoms with E-state index in [1.54, 1.807) is 0 Å². The van der Waals surface area contributed by atoms with Gasteiger partial charge in [-0.05, 0) is 31.4 Å². The number of aryl methyl sites for hydroxylation is 2. The molecule has 0 bridgehead atoms. The van der Waals surface area contributed by atoms with E-state index in [4.69, 9.17) is 4.74 Å². The van der Waals surface area contributed by atoms with Gasteiger partial charge in [0.15, 0.2) is 0 Å². The van der Waals surface area contributed by atoms with Gasteiger partial charge in [-0.25, -0.2) is 4.79 Å². The summed E-state index contributed by atoms with van der Waals surface area (Å²) in [4.78, 5) is 23.0. The highest BCUT2D eigenvalue weighted by molar-refractivity contribution is 6.02. The number of carbonyl (C=O) groups is 2. The lowest BCUT2D eigenvalue weighted by Gasteiger charge is -2.07. The highest BCUT2D eigenvalue weighted by Gasteiger charge is 2.04. The second kappa shape index (κ2) is 7.48. The van der Waals surface area contributed by atoms with E-state index in [-0.39, 0.29) is 11.8 Å². The molecule has 4 heteroatoms. The van der Waals surface area contributed by atoms with E-state index in [1.807, 2.05) is 45.9 Å². The van der Waals surface area contributed by atoms with Crippen molar-refractivity contribution in [1.29, 1.82) is 0 Å². The van der Waals surface area contributed by atoms with Crippen molar-refractivity contribution in [1.82, 2.24) is 0 Å². The van der Waals surface area contributed by atoms with Gasteiger partial charge in [0.25, 0.3) is 0 Å². The second-order valence-corrected chi connectivity index (χ2v) is 5.16. The molecular formula is C16H21NO3. The van der Waals surface area contributed by atoms with Gasteiger partial charge in [-0.1, -0.05) is 31.5 Å². The predicted octanol–water partition coefficient (Wildman–Crippen LogP) is 3.00. The molecule has 0 saturated carbocycles. The van der Waals surface area contributed by atoms with E-state index in [2.05, 4.69) is 5.32 Å². The summed E-state index contributed by atoms with van der Waals surface area (Å²) in [5.41, 5.74) is 2.85. The third-order valence-electron chi connectivity index (χ3n) is 2.57. The van der Waals surface area contributed by atoms with E-state index < -0.39 is 5.97 Å². The van der Waals surface area contributed by atoms with Crippen LogP contribution >= 0.6 is 0 Å². The molecular weight excluding hydrogens is 254 g/mol. The Hall–Kier alpha value is -2.10. The fourth-order valence-corrected chi connectivity index (χ4v) is 1.57. The van der Waals surface area contributed by atoms with Crippen LogP contribution in [0.4, 0.5) is 5.69 Å². The number of rotatable bonds is 5. The van der Waals surface area contributed by atoms with E-state index >= 15 is 0 Å². The monoisotopic (exact) mass is 275 g/mol. The van der Waals surface area contributed by atoms with Crippen LogP contribution in [0.25, 0.3) is 0 Å². The zero-order valence-corrected chi connectivity index (χ0v) is 12.4. The van der Waals surface area contributed by atoms with Gasteiger partial charge in [0, 0.05) is 17.8 Å². The van der Waals surface area contributed by atoms with Crippen LogP contribution in [0.15, 0.2) is 30.4 Å². The van der Waals surface area contributed by atoms with E-state index in [9.17, 15) is 9.59 Å². The fourth-order valence-electron chi connectivity index (χ4n) is 1.57. The lowest BCUT2D eigenvalue weighted by atomic mass is 10.1. The van der Waals surface area contributed by atoms with Crippen molar-refractivity contribution in [2.24, 2.45) is 5.92 Å². The number of ether oxygens (including phenoxy) is 1. The third-order valence-corrected chi connectivity index (χ3v) is 2.57. The first kappa shape index (κ1) is 16.0. The number of hydrogen-bond donors (Lipinski definition) is 1. The molecule has 0 aliphatic carbocycles. The van der Waals surface area contributed by atoms with Crippen molar-refractivity contribution in [3.8, 4) is 0 Å². The van der Waals surface area contributed by atoms with Crippen LogP contribution in [-0.4, -0.2) is 18.5 Å². The SMILES string of the molecule is Cc1ccc(NC(=O)/C=C/C(=O)OCC(C)C)c(C)c1. The maximum absolute atomic E-state index is 11.7. The quantitative estimate of drug-likeness (QED) is 0.664. The summed E-state index contributed by atoms with van der Waals surface area (Å²) in [6.45, 7) is 8.15. The summed E-state index contributed by atoms with van der Waals surface area (Å²) < 4.78 is 4.94. The van der Waals surface area contributed by atoms with E-state index in [0.29, 0.717) is 6.61 Å². The summed E-state index contributed by atoms with van der Waals surface area (Å²) in [7, 11) is 0. The molecule has 0 aliphatic heterocycles. The molecule has 0 heterocycles. The zero-order chi connectivity index (χ0) is 15.1. The summed E-state index contributed by atoms with van der Waals surface area (Å²) in [6, 6.07) is 5.74. The maximum atomic E-state index is 11.7. The summed E-state index contributed by atoms with van der Waals surface area (Å²) >= 11 is 0. The number of benzene rings is 1. The Morgan fingerprint density at radius 2 is 1.95 bits per heavy atom. The van der Waals surface area contributed by atoms with Gasteiger partial charge >= 0.3 is 5.97 Å². The van der Waals surface area contributed by atoms with Gasteiger partial charge in [0.1, 0.15) is 0 Å². The number of carbonyl (C=O) groups excluding carboxylic acids is 2. The van der Waals surface area contributed by atoms with Crippen molar-refractivity contribution in [2.75, 3.05) is 11.9 Å². The molecule has 1 aromatic rings. The summed E-state index contributed by atoms with van der Waals surface area (Å²) in [5, 5.41) is 2.72. The average molecular weight is 275 g/mol. The van der Waals surface area contributed by atoms with Crippen LogP contribution in [-0.2, 0) is 14.3 Å². The van der Waals surface area contributed by atoms with E-state index in [1.165, 1.54) is 6.08 Å². The van der Waals surface area contributed by atoms with Crippen molar-refractivity contribution in [3.05, 3.63) is 41.5 Å². The van der Waals surface area contributed by atoms with Gasteiger partial charge in [-0.15, -0.1) is 0 Å². The molecule has 0 aromatic heterocycles. The first-order valence-electron chi connectivity index (χ1n) is 6.61. The molecule has 1 aromatic carbocycles. The molecule has 1 amide bonds. The molecule has 0 fully saturated rings. The number of nitrogens with one attached hydrogen (secondary N) is 1. The molecule has 0 saturated heterocycles. The zero-order valence-electron chi connectivity index (χ0n) is 12.4. The molecule has 0 aliphatic rings. The van der Waals surface area contributed by atoms with Crippen LogP contribution < -0.4 is 5.32 Å². The van der Waals surface area contributed by atoms with Crippen LogP contribution in [0, 0.1) is 19.8 Å². The Morgan fingerprint density at radius 3 is 2.55 bits per heavy atom. The minimum atomic E-state index is -0.505. The van der Waals surface area contributed by atoms with Gasteiger partial charge in [-0.3, -0.25) is 4.79 Å². The molecule has 0 radical (unpaired) electrons. The Labute approximate surface area is 119 Å². The Kier molecular flexibility index (Phi) is 5.97. The highest BCUT2D eigenvalue weighted by Crippen LogP contribution is 2.15. The van der Waals surface area contributed by atoms with Gasteiger partial charge in [0.05, 0.1) is 6.61 Å². The molecule has 0 unspecified atom stereocenters. The first-order chi connectivity index (χ1) is 9.38. The minimum Gasteiger partial charge on any atom is -0.462 e. The van der Waals surface area contributed by atoms with Crippen LogP contribution in [0.3, 0.4) is 0 Å². The van der Waals surface area contributed by atoms with Crippen molar-refractivity contribution >= 4 is 17.6 Å². The molecule has 108 valence electrons. The van der Waals surface area contributed by atoms with E-state index in [0.717, 1.165) is 22.9 Å². The second-order valence-electron chi connectivity index (χ2n) is 5.16. The van der Waals surface area contributed by atoms with Gasteiger partial charge in [-0.2, -0.15) is 0 Å². The predicted molar refractivity (Wildman–Crippen MR) is 79.5 cm³/mol.